The number of nitrogens with one attached hydrogen (secondary N) is 2. The number of aromatic nitrogens is 3. The van der Waals surface area contributed by atoms with Crippen molar-refractivity contribution >= 4 is 23.8 Å². The van der Waals surface area contributed by atoms with E-state index >= 15 is 0 Å². The summed E-state index contributed by atoms with van der Waals surface area (Å²) in [6.45, 7) is 2.93. The highest BCUT2D eigenvalue weighted by Gasteiger charge is 2.15. The van der Waals surface area contributed by atoms with Crippen LogP contribution in [0.1, 0.15) is 18.1 Å². The van der Waals surface area contributed by atoms with Gasteiger partial charge in [0.25, 0.3) is 0 Å². The first kappa shape index (κ1) is 24.6. The second kappa shape index (κ2) is 11.2. The predicted octanol–water partition coefficient (Wildman–Crippen LogP) is 6.13. The molecule has 0 fully saturated rings. The van der Waals surface area contributed by atoms with Crippen molar-refractivity contribution in [3.63, 3.8) is 0 Å². The number of nitrogens with zero attached hydrogens (tertiary/aromatic N) is 2. The van der Waals surface area contributed by atoms with Crippen LogP contribution in [0.2, 0.25) is 5.02 Å². The maximum atomic E-state index is 13.2. The first-order valence-electron chi connectivity index (χ1n) is 10.9. The molecular weight excluding hydrogens is 491 g/mol. The molecule has 3 aromatic carbocycles. The first-order valence-corrected chi connectivity index (χ1v) is 11.7. The molecule has 0 unspecified atom stereocenters. The zero-order valence-electron chi connectivity index (χ0n) is 19.2. The summed E-state index contributed by atoms with van der Waals surface area (Å²) < 4.78 is 32.4. The zero-order valence-corrected chi connectivity index (χ0v) is 20.8. The summed E-state index contributed by atoms with van der Waals surface area (Å²) in [7, 11) is 1.60. The number of hydrogen-bond acceptors (Lipinski definition) is 6. The lowest BCUT2D eigenvalue weighted by Crippen LogP contribution is -2.16. The smallest absolute Gasteiger partial charge is 0.214 e. The second-order valence-corrected chi connectivity index (χ2v) is 8.26. The van der Waals surface area contributed by atoms with Gasteiger partial charge in [-0.15, -0.1) is 0 Å². The second-order valence-electron chi connectivity index (χ2n) is 7.46. The van der Waals surface area contributed by atoms with Crippen LogP contribution in [-0.4, -0.2) is 28.6 Å². The highest BCUT2D eigenvalue weighted by Crippen LogP contribution is 2.35. The molecule has 0 saturated heterocycles. The number of methoxy groups -OCH3 is 1. The van der Waals surface area contributed by atoms with Crippen molar-refractivity contribution < 1.29 is 18.6 Å². The molecule has 0 aliphatic heterocycles. The quantitative estimate of drug-likeness (QED) is 0.248. The van der Waals surface area contributed by atoms with Gasteiger partial charge >= 0.3 is 0 Å². The average Bonchev–Trinajstić information content (AvgIpc) is 3.24. The van der Waals surface area contributed by atoms with Crippen LogP contribution in [-0.2, 0) is 13.2 Å². The van der Waals surface area contributed by atoms with Crippen LogP contribution in [0.25, 0.3) is 11.4 Å². The lowest BCUT2D eigenvalue weighted by molar-refractivity contribution is 0.269. The first-order chi connectivity index (χ1) is 17.0. The van der Waals surface area contributed by atoms with E-state index in [1.54, 1.807) is 30.0 Å². The largest absolute Gasteiger partial charge is 0.496 e. The molecule has 0 aliphatic rings. The Kier molecular flexibility index (Phi) is 7.89. The number of ether oxygens (including phenoxy) is 3. The number of hydrogen-bond donors (Lipinski definition) is 2. The van der Waals surface area contributed by atoms with Crippen molar-refractivity contribution in [3.05, 3.63) is 87.4 Å². The lowest BCUT2D eigenvalue weighted by Gasteiger charge is -2.16. The third-order valence-corrected chi connectivity index (χ3v) is 5.79. The Morgan fingerprint density at radius 1 is 1.06 bits per heavy atom. The fourth-order valence-electron chi connectivity index (χ4n) is 3.45. The summed E-state index contributed by atoms with van der Waals surface area (Å²) in [4.78, 5) is 0. The minimum absolute atomic E-state index is 0.251. The number of rotatable bonds is 10. The number of halogens is 2. The van der Waals surface area contributed by atoms with Gasteiger partial charge in [-0.05, 0) is 60.6 Å². The van der Waals surface area contributed by atoms with Gasteiger partial charge in [0.2, 0.25) is 4.77 Å². The van der Waals surface area contributed by atoms with E-state index in [1.807, 2.05) is 37.3 Å². The normalized spacial score (nSPS) is 10.7. The van der Waals surface area contributed by atoms with Crippen molar-refractivity contribution in [1.82, 2.24) is 14.9 Å². The highest BCUT2D eigenvalue weighted by atomic mass is 35.5. The summed E-state index contributed by atoms with van der Waals surface area (Å²) in [5.74, 6) is 2.00. The summed E-state index contributed by atoms with van der Waals surface area (Å²) >= 11 is 12.0. The summed E-state index contributed by atoms with van der Waals surface area (Å²) in [5.41, 5.74) is 5.65. The Morgan fingerprint density at radius 3 is 2.54 bits per heavy atom. The molecule has 1 heterocycles. The molecule has 7 nitrogen and oxygen atoms in total. The van der Waals surface area contributed by atoms with E-state index in [-0.39, 0.29) is 12.4 Å². The molecule has 1 aromatic heterocycles. The third-order valence-electron chi connectivity index (χ3n) is 5.17. The molecule has 182 valence electrons. The van der Waals surface area contributed by atoms with E-state index in [9.17, 15) is 4.39 Å². The van der Waals surface area contributed by atoms with E-state index in [2.05, 4.69) is 15.6 Å². The van der Waals surface area contributed by atoms with E-state index in [0.29, 0.717) is 46.0 Å². The SMILES string of the molecule is CCOc1cc(CNn2c(-c3ccccc3OC)n[nH]c2=S)c(Cl)cc1OCc1ccc(F)cc1. The maximum Gasteiger partial charge on any atom is 0.214 e. The van der Waals surface area contributed by atoms with E-state index in [0.717, 1.165) is 16.7 Å². The van der Waals surface area contributed by atoms with E-state index in [1.165, 1.54) is 12.1 Å². The standard InChI is InChI=1S/C25H24ClFN4O3S/c1-3-33-22-12-17(20(26)13-23(22)34-15-16-8-10-18(27)11-9-16)14-28-31-24(29-30-25(31)35)19-6-4-5-7-21(19)32-2/h4-13,28H,3,14-15H2,1-2H3,(H,30,35). The van der Waals surface area contributed by atoms with Crippen molar-refractivity contribution in [2.75, 3.05) is 19.1 Å². The third kappa shape index (κ3) is 5.75. The molecule has 4 rings (SSSR count). The summed E-state index contributed by atoms with van der Waals surface area (Å²) in [6.07, 6.45) is 0. The van der Waals surface area contributed by atoms with Crippen LogP contribution in [0, 0.1) is 10.6 Å². The van der Waals surface area contributed by atoms with E-state index in [4.69, 9.17) is 38.0 Å². The fourth-order valence-corrected chi connectivity index (χ4v) is 3.87. The van der Waals surface area contributed by atoms with Gasteiger partial charge in [-0.2, -0.15) is 5.10 Å². The van der Waals surface area contributed by atoms with Crippen LogP contribution >= 0.6 is 23.8 Å². The topological polar surface area (TPSA) is 73.3 Å². The molecule has 0 bridgehead atoms. The molecule has 0 spiro atoms. The Balaban J connectivity index is 1.55. The Bertz CT molecular complexity index is 1360. The number of aromatic amines is 1. The Morgan fingerprint density at radius 2 is 1.80 bits per heavy atom. The zero-order chi connectivity index (χ0) is 24.8. The molecule has 0 saturated carbocycles. The van der Waals surface area contributed by atoms with Gasteiger partial charge in [-0.3, -0.25) is 0 Å². The maximum absolute atomic E-state index is 13.2. The van der Waals surface area contributed by atoms with Crippen LogP contribution < -0.4 is 19.6 Å². The molecule has 10 heteroatoms. The molecular formula is C25H24ClFN4O3S. The molecule has 35 heavy (non-hydrogen) atoms. The van der Waals surface area contributed by atoms with Crippen molar-refractivity contribution in [2.24, 2.45) is 0 Å². The fraction of sp³-hybridized carbons (Fsp3) is 0.200. The molecule has 2 N–H and O–H groups in total. The number of benzene rings is 3. The van der Waals surface area contributed by atoms with Crippen LogP contribution in [0.15, 0.2) is 60.7 Å². The van der Waals surface area contributed by atoms with E-state index < -0.39 is 0 Å². The minimum Gasteiger partial charge on any atom is -0.496 e. The van der Waals surface area contributed by atoms with Crippen molar-refractivity contribution in [1.29, 1.82) is 0 Å². The lowest BCUT2D eigenvalue weighted by atomic mass is 10.2. The molecule has 0 amide bonds. The van der Waals surface area contributed by atoms with Crippen molar-refractivity contribution in [3.8, 4) is 28.6 Å². The van der Waals surface area contributed by atoms with Crippen molar-refractivity contribution in [2.45, 2.75) is 20.1 Å². The monoisotopic (exact) mass is 514 g/mol. The van der Waals surface area contributed by atoms with Crippen LogP contribution in [0.3, 0.4) is 0 Å². The van der Waals surface area contributed by atoms with Crippen LogP contribution in [0.4, 0.5) is 4.39 Å². The van der Waals surface area contributed by atoms with Gasteiger partial charge < -0.3 is 19.6 Å². The Hall–Kier alpha value is -3.56. The van der Waals surface area contributed by atoms with Gasteiger partial charge in [0.1, 0.15) is 18.2 Å². The molecule has 0 atom stereocenters. The summed E-state index contributed by atoms with van der Waals surface area (Å²) in [6, 6.07) is 17.2. The van der Waals surface area contributed by atoms with Gasteiger partial charge in [-0.25, -0.2) is 14.2 Å². The van der Waals surface area contributed by atoms with Gasteiger partial charge in [0.05, 0.1) is 25.8 Å². The molecule has 0 radical (unpaired) electrons. The number of H-pyrrole nitrogens is 1. The number of para-hydroxylation sites is 1. The highest BCUT2D eigenvalue weighted by molar-refractivity contribution is 7.71. The van der Waals surface area contributed by atoms with Gasteiger partial charge in [0.15, 0.2) is 17.3 Å². The average molecular weight is 515 g/mol. The Labute approximate surface area is 212 Å². The molecule has 0 aliphatic carbocycles. The van der Waals surface area contributed by atoms with Crippen LogP contribution in [0.5, 0.6) is 17.2 Å². The van der Waals surface area contributed by atoms with Gasteiger partial charge in [0, 0.05) is 11.1 Å². The minimum atomic E-state index is -0.296. The molecule has 4 aromatic rings. The summed E-state index contributed by atoms with van der Waals surface area (Å²) in [5, 5.41) is 7.65. The van der Waals surface area contributed by atoms with Gasteiger partial charge in [-0.1, -0.05) is 35.9 Å². The predicted molar refractivity (Wildman–Crippen MR) is 136 cm³/mol.